The highest BCUT2D eigenvalue weighted by Crippen LogP contribution is 2.21. The Labute approximate surface area is 121 Å². The van der Waals surface area contributed by atoms with Crippen LogP contribution in [0.3, 0.4) is 0 Å². The van der Waals surface area contributed by atoms with E-state index in [4.69, 9.17) is 0 Å². The molecule has 1 aromatic rings. The van der Waals surface area contributed by atoms with Crippen LogP contribution in [0.4, 0.5) is 4.39 Å². The zero-order chi connectivity index (χ0) is 14.6. The van der Waals surface area contributed by atoms with Crippen LogP contribution < -0.4 is 5.32 Å². The molecule has 0 aliphatic heterocycles. The van der Waals surface area contributed by atoms with Crippen LogP contribution in [-0.4, -0.2) is 23.7 Å². The molecule has 0 bridgehead atoms. The van der Waals surface area contributed by atoms with Gasteiger partial charge in [0.15, 0.2) is 0 Å². The molecule has 0 saturated carbocycles. The van der Waals surface area contributed by atoms with Gasteiger partial charge in [0, 0.05) is 4.47 Å². The summed E-state index contributed by atoms with van der Waals surface area (Å²) in [4.78, 5) is 12.0. The van der Waals surface area contributed by atoms with Crippen molar-refractivity contribution in [1.82, 2.24) is 5.32 Å². The lowest BCUT2D eigenvalue weighted by molar-refractivity contribution is 0.0893. The molecule has 1 aromatic carbocycles. The summed E-state index contributed by atoms with van der Waals surface area (Å²) >= 11 is 3.14. The lowest BCUT2D eigenvalue weighted by Gasteiger charge is -2.25. The van der Waals surface area contributed by atoms with Crippen LogP contribution in [0.1, 0.15) is 37.6 Å². The Morgan fingerprint density at radius 3 is 2.58 bits per heavy atom. The molecule has 0 aliphatic rings. The van der Waals surface area contributed by atoms with E-state index in [1.54, 1.807) is 6.07 Å². The van der Waals surface area contributed by atoms with E-state index in [0.717, 1.165) is 0 Å². The molecule has 5 heteroatoms. The standard InChI is InChI=1S/C14H19BrFNO2/c1-14(2,3)7-10(8-18)17-13(19)11-5-4-9(15)6-12(11)16/h4-6,10,18H,7-8H2,1-3H3,(H,17,19). The minimum absolute atomic E-state index is 0.0180. The third-order valence-electron chi connectivity index (χ3n) is 2.59. The number of hydrogen-bond acceptors (Lipinski definition) is 2. The van der Waals surface area contributed by atoms with E-state index in [9.17, 15) is 14.3 Å². The Morgan fingerprint density at radius 1 is 1.47 bits per heavy atom. The van der Waals surface area contributed by atoms with Crippen LogP contribution in [0.5, 0.6) is 0 Å². The molecule has 0 radical (unpaired) electrons. The summed E-state index contributed by atoms with van der Waals surface area (Å²) in [6, 6.07) is 3.89. The molecule has 0 heterocycles. The SMILES string of the molecule is CC(C)(C)CC(CO)NC(=O)c1ccc(Br)cc1F. The number of nitrogens with one attached hydrogen (secondary N) is 1. The molecular formula is C14H19BrFNO2. The van der Waals surface area contributed by atoms with Crippen molar-refractivity contribution in [3.05, 3.63) is 34.1 Å². The maximum atomic E-state index is 13.6. The van der Waals surface area contributed by atoms with Crippen molar-refractivity contribution in [1.29, 1.82) is 0 Å². The van der Waals surface area contributed by atoms with Gasteiger partial charge >= 0.3 is 0 Å². The molecule has 0 saturated heterocycles. The Bertz CT molecular complexity index is 457. The summed E-state index contributed by atoms with van der Waals surface area (Å²) in [5, 5.41) is 11.9. The topological polar surface area (TPSA) is 49.3 Å². The van der Waals surface area contributed by atoms with Crippen molar-refractivity contribution in [3.63, 3.8) is 0 Å². The highest BCUT2D eigenvalue weighted by molar-refractivity contribution is 9.10. The number of aliphatic hydroxyl groups is 1. The molecular weight excluding hydrogens is 313 g/mol. The number of carbonyl (C=O) groups is 1. The van der Waals surface area contributed by atoms with Gasteiger partial charge in [-0.2, -0.15) is 0 Å². The van der Waals surface area contributed by atoms with Crippen LogP contribution >= 0.6 is 15.9 Å². The minimum Gasteiger partial charge on any atom is -0.394 e. The van der Waals surface area contributed by atoms with Gasteiger partial charge < -0.3 is 10.4 Å². The van der Waals surface area contributed by atoms with Crippen molar-refractivity contribution in [2.45, 2.75) is 33.2 Å². The minimum atomic E-state index is -0.584. The monoisotopic (exact) mass is 331 g/mol. The maximum Gasteiger partial charge on any atom is 0.254 e. The second-order valence-electron chi connectivity index (χ2n) is 5.74. The third kappa shape index (κ3) is 5.28. The van der Waals surface area contributed by atoms with Crippen LogP contribution in [0, 0.1) is 11.2 Å². The average molecular weight is 332 g/mol. The quantitative estimate of drug-likeness (QED) is 0.890. The second-order valence-corrected chi connectivity index (χ2v) is 6.66. The molecule has 19 heavy (non-hydrogen) atoms. The summed E-state index contributed by atoms with van der Waals surface area (Å²) in [6.45, 7) is 5.88. The van der Waals surface area contributed by atoms with Crippen LogP contribution in [0.25, 0.3) is 0 Å². The largest absolute Gasteiger partial charge is 0.394 e. The molecule has 1 atom stereocenters. The first-order valence-electron chi connectivity index (χ1n) is 6.10. The van der Waals surface area contributed by atoms with Gasteiger partial charge in [-0.15, -0.1) is 0 Å². The van der Waals surface area contributed by atoms with Crippen molar-refractivity contribution < 1.29 is 14.3 Å². The van der Waals surface area contributed by atoms with Crippen LogP contribution in [0.2, 0.25) is 0 Å². The fraction of sp³-hybridized carbons (Fsp3) is 0.500. The number of rotatable bonds is 4. The predicted octanol–water partition coefficient (Wildman–Crippen LogP) is 3.12. The molecule has 0 aliphatic carbocycles. The van der Waals surface area contributed by atoms with Gasteiger partial charge in [0.1, 0.15) is 5.82 Å². The summed E-state index contributed by atoms with van der Waals surface area (Å²) in [7, 11) is 0. The molecule has 1 amide bonds. The highest BCUT2D eigenvalue weighted by atomic mass is 79.9. The predicted molar refractivity (Wildman–Crippen MR) is 76.5 cm³/mol. The number of benzene rings is 1. The Kier molecular flexibility index (Phi) is 5.50. The summed E-state index contributed by atoms with van der Waals surface area (Å²) in [5.41, 5.74) is -0.0468. The molecule has 106 valence electrons. The number of hydrogen-bond donors (Lipinski definition) is 2. The van der Waals surface area contributed by atoms with E-state index in [1.807, 2.05) is 20.8 Å². The van der Waals surface area contributed by atoms with Crippen LogP contribution in [0.15, 0.2) is 22.7 Å². The van der Waals surface area contributed by atoms with E-state index in [0.29, 0.717) is 10.9 Å². The van der Waals surface area contributed by atoms with Crippen molar-refractivity contribution in [2.75, 3.05) is 6.61 Å². The van der Waals surface area contributed by atoms with Gasteiger partial charge in [-0.25, -0.2) is 4.39 Å². The van der Waals surface area contributed by atoms with Gasteiger partial charge in [0.2, 0.25) is 0 Å². The first-order chi connectivity index (χ1) is 8.73. The van der Waals surface area contributed by atoms with Crippen molar-refractivity contribution in [2.24, 2.45) is 5.41 Å². The number of carbonyl (C=O) groups excluding carboxylic acids is 1. The van der Waals surface area contributed by atoms with E-state index in [-0.39, 0.29) is 23.6 Å². The number of halogens is 2. The van der Waals surface area contributed by atoms with Crippen LogP contribution in [-0.2, 0) is 0 Å². The Balaban J connectivity index is 2.77. The van der Waals surface area contributed by atoms with Gasteiger partial charge in [0.25, 0.3) is 5.91 Å². The number of amides is 1. The lowest BCUT2D eigenvalue weighted by atomic mass is 9.88. The maximum absolute atomic E-state index is 13.6. The lowest BCUT2D eigenvalue weighted by Crippen LogP contribution is -2.40. The molecule has 1 unspecified atom stereocenters. The highest BCUT2D eigenvalue weighted by Gasteiger charge is 2.21. The zero-order valence-corrected chi connectivity index (χ0v) is 12.9. The van der Waals surface area contributed by atoms with E-state index in [2.05, 4.69) is 21.2 Å². The van der Waals surface area contributed by atoms with Gasteiger partial charge in [-0.3, -0.25) is 4.79 Å². The van der Waals surface area contributed by atoms with E-state index >= 15 is 0 Å². The normalized spacial score (nSPS) is 13.2. The summed E-state index contributed by atoms with van der Waals surface area (Å²) in [5.74, 6) is -1.09. The fourth-order valence-corrected chi connectivity index (χ4v) is 2.17. The first kappa shape index (κ1) is 16.1. The molecule has 3 nitrogen and oxygen atoms in total. The molecule has 0 spiro atoms. The number of aliphatic hydroxyl groups excluding tert-OH is 1. The van der Waals surface area contributed by atoms with Gasteiger partial charge in [-0.1, -0.05) is 36.7 Å². The fourth-order valence-electron chi connectivity index (χ4n) is 1.84. The zero-order valence-electron chi connectivity index (χ0n) is 11.3. The smallest absolute Gasteiger partial charge is 0.254 e. The second kappa shape index (κ2) is 6.48. The van der Waals surface area contributed by atoms with Crippen molar-refractivity contribution >= 4 is 21.8 Å². The third-order valence-corrected chi connectivity index (χ3v) is 3.08. The first-order valence-corrected chi connectivity index (χ1v) is 6.89. The van der Waals surface area contributed by atoms with Gasteiger partial charge in [-0.05, 0) is 30.0 Å². The van der Waals surface area contributed by atoms with Crippen molar-refractivity contribution in [3.8, 4) is 0 Å². The Hall–Kier alpha value is -0.940. The molecule has 1 rings (SSSR count). The van der Waals surface area contributed by atoms with Gasteiger partial charge in [0.05, 0.1) is 18.2 Å². The summed E-state index contributed by atoms with van der Waals surface area (Å²) in [6.07, 6.45) is 0.618. The summed E-state index contributed by atoms with van der Waals surface area (Å²) < 4.78 is 14.2. The Morgan fingerprint density at radius 2 is 2.11 bits per heavy atom. The molecule has 0 aromatic heterocycles. The molecule has 2 N–H and O–H groups in total. The average Bonchev–Trinajstić information content (AvgIpc) is 2.25. The molecule has 0 fully saturated rings. The van der Waals surface area contributed by atoms with E-state index in [1.165, 1.54) is 12.1 Å². The van der Waals surface area contributed by atoms with E-state index < -0.39 is 11.7 Å².